The lowest BCUT2D eigenvalue weighted by molar-refractivity contribution is 0.0690. The Kier molecular flexibility index (Phi) is 8.38. The van der Waals surface area contributed by atoms with Crippen LogP contribution in [0.5, 0.6) is 0 Å². The van der Waals surface area contributed by atoms with Gasteiger partial charge in [-0.05, 0) is 127 Å². The van der Waals surface area contributed by atoms with E-state index in [-0.39, 0.29) is 16.5 Å². The molecular weight excluding hydrogens is 677 g/mol. The van der Waals surface area contributed by atoms with Crippen LogP contribution in [-0.4, -0.2) is 30.6 Å². The summed E-state index contributed by atoms with van der Waals surface area (Å²) in [6.07, 6.45) is 0. The Morgan fingerprint density at radius 3 is 1.89 bits per heavy atom. The number of benzene rings is 5. The van der Waals surface area contributed by atoms with E-state index in [2.05, 4.69) is 152 Å². The van der Waals surface area contributed by atoms with Gasteiger partial charge in [0.05, 0.1) is 22.2 Å². The van der Waals surface area contributed by atoms with Gasteiger partial charge in [0.2, 0.25) is 0 Å². The molecule has 8 rings (SSSR count). The SMILES string of the molecule is Cc1cc(C)cc(-c2cc(C(=O)O)nc(-c3cccc4c3nc(-c3cc(C(C)(C)C)cc5c3[nH]c3ccc(C(C)(C)C)cc35)n4-c3cc(C)cc(C)c3)c2)c1. The Bertz CT molecular complexity index is 2820. The largest absolute Gasteiger partial charge is 0.477 e. The highest BCUT2D eigenvalue weighted by Gasteiger charge is 2.26. The summed E-state index contributed by atoms with van der Waals surface area (Å²) in [7, 11) is 0. The monoisotopic (exact) mass is 724 g/mol. The van der Waals surface area contributed by atoms with E-state index >= 15 is 0 Å². The third kappa shape index (κ3) is 6.50. The lowest BCUT2D eigenvalue weighted by atomic mass is 9.84. The maximum atomic E-state index is 12.6. The van der Waals surface area contributed by atoms with Crippen LogP contribution in [0, 0.1) is 27.7 Å². The minimum atomic E-state index is -1.07. The number of aromatic nitrogens is 4. The molecule has 0 unspecified atom stereocenters. The third-order valence-electron chi connectivity index (χ3n) is 10.7. The number of aromatic carboxylic acids is 1. The van der Waals surface area contributed by atoms with Crippen molar-refractivity contribution in [3.05, 3.63) is 136 Å². The van der Waals surface area contributed by atoms with Crippen molar-refractivity contribution in [2.75, 3.05) is 0 Å². The van der Waals surface area contributed by atoms with Crippen LogP contribution in [0.2, 0.25) is 0 Å². The molecule has 0 bridgehead atoms. The van der Waals surface area contributed by atoms with Crippen LogP contribution in [0.1, 0.15) is 85.4 Å². The maximum absolute atomic E-state index is 12.6. The topological polar surface area (TPSA) is 83.8 Å². The normalized spacial score (nSPS) is 12.3. The van der Waals surface area contributed by atoms with Gasteiger partial charge in [-0.3, -0.25) is 4.57 Å². The number of rotatable bonds is 5. The van der Waals surface area contributed by atoms with Gasteiger partial charge in [-0.25, -0.2) is 14.8 Å². The minimum Gasteiger partial charge on any atom is -0.477 e. The molecule has 0 amide bonds. The number of nitrogens with zero attached hydrogens (tertiary/aromatic N) is 3. The molecule has 3 aromatic heterocycles. The van der Waals surface area contributed by atoms with Gasteiger partial charge in [0.15, 0.2) is 0 Å². The Hall–Kier alpha value is -6.01. The standard InChI is InChI=1S/C49H48N4O2/c1-27-16-28(2)19-31(18-27)32-22-41(50-42(23-32)47(54)55)36-12-11-13-43-45(36)52-46(53(43)35-20-29(3)17-30(4)21-35)39-26-34(49(8,9)10)25-38-37-24-33(48(5,6)7)14-15-40(37)51-44(38)39/h11-26,51H,1-10H3,(H,54,55). The van der Waals surface area contributed by atoms with Gasteiger partial charge in [-0.1, -0.05) is 95.1 Å². The lowest BCUT2D eigenvalue weighted by Gasteiger charge is -2.21. The number of para-hydroxylation sites is 1. The summed E-state index contributed by atoms with van der Waals surface area (Å²) in [6.45, 7) is 21.9. The summed E-state index contributed by atoms with van der Waals surface area (Å²) in [6, 6.07) is 34.1. The van der Waals surface area contributed by atoms with Gasteiger partial charge in [-0.2, -0.15) is 0 Å². The molecule has 55 heavy (non-hydrogen) atoms. The highest BCUT2D eigenvalue weighted by atomic mass is 16.4. The Morgan fingerprint density at radius 2 is 1.25 bits per heavy atom. The number of aromatic amines is 1. The fourth-order valence-corrected chi connectivity index (χ4v) is 7.99. The van der Waals surface area contributed by atoms with Gasteiger partial charge >= 0.3 is 5.97 Å². The molecule has 0 saturated carbocycles. The number of fused-ring (bicyclic) bond motifs is 4. The van der Waals surface area contributed by atoms with Gasteiger partial charge < -0.3 is 10.1 Å². The molecule has 6 heteroatoms. The predicted molar refractivity (Wildman–Crippen MR) is 228 cm³/mol. The number of hydrogen-bond acceptors (Lipinski definition) is 3. The van der Waals surface area contributed by atoms with Crippen molar-refractivity contribution in [3.8, 4) is 39.5 Å². The third-order valence-corrected chi connectivity index (χ3v) is 10.7. The fourth-order valence-electron chi connectivity index (χ4n) is 7.99. The van der Waals surface area contributed by atoms with Crippen molar-refractivity contribution in [2.45, 2.75) is 80.1 Å². The molecule has 0 fully saturated rings. The molecule has 0 aliphatic heterocycles. The number of carbonyl (C=O) groups is 1. The molecule has 3 heterocycles. The maximum Gasteiger partial charge on any atom is 0.354 e. The van der Waals surface area contributed by atoms with Crippen LogP contribution in [0.15, 0.2) is 97.1 Å². The van der Waals surface area contributed by atoms with Crippen LogP contribution < -0.4 is 0 Å². The second-order valence-corrected chi connectivity index (χ2v) is 17.4. The molecular formula is C49H48N4O2. The van der Waals surface area contributed by atoms with Gasteiger partial charge in [0, 0.05) is 33.1 Å². The highest BCUT2D eigenvalue weighted by Crippen LogP contribution is 2.42. The molecule has 0 atom stereocenters. The zero-order valence-electron chi connectivity index (χ0n) is 33.4. The van der Waals surface area contributed by atoms with E-state index in [0.717, 1.165) is 83.5 Å². The number of H-pyrrole nitrogens is 1. The van der Waals surface area contributed by atoms with Crippen LogP contribution in [0.3, 0.4) is 0 Å². The molecule has 5 aromatic carbocycles. The average molecular weight is 725 g/mol. The zero-order chi connectivity index (χ0) is 39.1. The van der Waals surface area contributed by atoms with Crippen molar-refractivity contribution >= 4 is 38.8 Å². The number of nitrogens with one attached hydrogen (secondary N) is 1. The van der Waals surface area contributed by atoms with Crippen molar-refractivity contribution in [2.24, 2.45) is 0 Å². The van der Waals surface area contributed by atoms with Gasteiger partial charge in [0.1, 0.15) is 11.5 Å². The van der Waals surface area contributed by atoms with Crippen molar-refractivity contribution in [1.82, 2.24) is 19.5 Å². The van der Waals surface area contributed by atoms with Gasteiger partial charge in [0.25, 0.3) is 0 Å². The van der Waals surface area contributed by atoms with Crippen molar-refractivity contribution in [1.29, 1.82) is 0 Å². The molecule has 0 aliphatic carbocycles. The van der Waals surface area contributed by atoms with E-state index < -0.39 is 5.97 Å². The van der Waals surface area contributed by atoms with E-state index in [1.54, 1.807) is 6.07 Å². The Morgan fingerprint density at radius 1 is 0.636 bits per heavy atom. The van der Waals surface area contributed by atoms with Crippen LogP contribution in [-0.2, 0) is 10.8 Å². The second-order valence-electron chi connectivity index (χ2n) is 17.4. The van der Waals surface area contributed by atoms with Crippen LogP contribution in [0.4, 0.5) is 0 Å². The molecule has 6 nitrogen and oxygen atoms in total. The average Bonchev–Trinajstić information content (AvgIpc) is 3.68. The Labute approximate surface area is 322 Å². The van der Waals surface area contributed by atoms with Crippen LogP contribution in [0.25, 0.3) is 72.3 Å². The van der Waals surface area contributed by atoms with Crippen molar-refractivity contribution < 1.29 is 9.90 Å². The lowest BCUT2D eigenvalue weighted by Crippen LogP contribution is -2.11. The summed E-state index contributed by atoms with van der Waals surface area (Å²) in [4.78, 5) is 26.7. The summed E-state index contributed by atoms with van der Waals surface area (Å²) in [5.74, 6) is -0.272. The highest BCUT2D eigenvalue weighted by molar-refractivity contribution is 6.13. The van der Waals surface area contributed by atoms with Gasteiger partial charge in [-0.15, -0.1) is 0 Å². The predicted octanol–water partition coefficient (Wildman–Crippen LogP) is 12.6. The molecule has 2 N–H and O–H groups in total. The van der Waals surface area contributed by atoms with E-state index in [4.69, 9.17) is 9.97 Å². The van der Waals surface area contributed by atoms with Crippen molar-refractivity contribution in [3.63, 3.8) is 0 Å². The zero-order valence-corrected chi connectivity index (χ0v) is 33.4. The fraction of sp³-hybridized carbons (Fsp3) is 0.245. The van der Waals surface area contributed by atoms with E-state index in [1.807, 2.05) is 18.2 Å². The number of aryl methyl sites for hydroxylation is 4. The molecule has 0 saturated heterocycles. The number of hydrogen-bond donors (Lipinski definition) is 2. The first kappa shape index (κ1) is 36.0. The molecule has 0 aliphatic rings. The first-order valence-electron chi connectivity index (χ1n) is 19.0. The molecule has 0 spiro atoms. The van der Waals surface area contributed by atoms with E-state index in [9.17, 15) is 9.90 Å². The summed E-state index contributed by atoms with van der Waals surface area (Å²) < 4.78 is 2.26. The first-order chi connectivity index (χ1) is 25.9. The molecule has 276 valence electrons. The van der Waals surface area contributed by atoms with E-state index in [0.29, 0.717) is 5.69 Å². The number of imidazole rings is 1. The minimum absolute atomic E-state index is 0.000325. The second kappa shape index (κ2) is 12.8. The summed E-state index contributed by atoms with van der Waals surface area (Å²) in [5.41, 5.74) is 15.7. The Balaban J connectivity index is 1.48. The summed E-state index contributed by atoms with van der Waals surface area (Å²) >= 11 is 0. The molecule has 8 aromatic rings. The summed E-state index contributed by atoms with van der Waals surface area (Å²) in [5, 5.41) is 12.6. The smallest absolute Gasteiger partial charge is 0.354 e. The van der Waals surface area contributed by atoms with Crippen LogP contribution >= 0.6 is 0 Å². The molecule has 0 radical (unpaired) electrons. The van der Waals surface area contributed by atoms with E-state index in [1.165, 1.54) is 16.5 Å². The first-order valence-corrected chi connectivity index (χ1v) is 19.0. The number of pyridine rings is 1. The number of carboxylic acids is 1. The quantitative estimate of drug-likeness (QED) is 0.185. The number of carboxylic acid groups (broad SMARTS) is 1.